The lowest BCUT2D eigenvalue weighted by Crippen LogP contribution is -2.24. The number of hydrogen-bond acceptors (Lipinski definition) is 6. The van der Waals surface area contributed by atoms with Gasteiger partial charge in [-0.2, -0.15) is 0 Å². The number of fused-ring (bicyclic) bond motifs is 2. The van der Waals surface area contributed by atoms with Gasteiger partial charge in [-0.25, -0.2) is 0 Å². The molecule has 0 spiro atoms. The number of rotatable bonds is 8. The first-order chi connectivity index (χ1) is 25.7. The smallest absolute Gasteiger partial charge is 0.196 e. The van der Waals surface area contributed by atoms with Gasteiger partial charge in [-0.05, 0) is 109 Å². The highest BCUT2D eigenvalue weighted by Crippen LogP contribution is 2.48. The Bertz CT molecular complexity index is 2190. The molecule has 0 fully saturated rings. The lowest BCUT2D eigenvalue weighted by atomic mass is 9.84. The molecule has 0 N–H and O–H groups in total. The molecule has 0 amide bonds. The standard InChI is InChI=1S/C48H44O2S4/c1-29-9-17-33(18-10-29)51-37-25-26-38(52-34-19-11-30(2)12-20-34)42-41(37)45(49)43-39(53-35-21-13-31(14-22-35)47(3,4)5)27-28-40(44(43)46(42)50)54-36-23-15-32(16-24-36)48(6,7)8/h9-28H,1-8H3. The van der Waals surface area contributed by atoms with Crippen LogP contribution in [0.2, 0.25) is 0 Å². The van der Waals surface area contributed by atoms with Gasteiger partial charge in [0, 0.05) is 61.4 Å². The summed E-state index contributed by atoms with van der Waals surface area (Å²) in [5.74, 6) is -0.222. The highest BCUT2D eigenvalue weighted by atomic mass is 32.2. The second kappa shape index (κ2) is 15.3. The highest BCUT2D eigenvalue weighted by molar-refractivity contribution is 8.00. The Morgan fingerprint density at radius 1 is 0.333 bits per heavy atom. The fraction of sp³-hybridized carbons (Fsp3) is 0.208. The van der Waals surface area contributed by atoms with E-state index in [1.165, 1.54) is 45.8 Å². The van der Waals surface area contributed by atoms with Gasteiger partial charge in [0.15, 0.2) is 11.6 Å². The molecule has 6 aromatic rings. The van der Waals surface area contributed by atoms with Crippen molar-refractivity contribution in [2.75, 3.05) is 0 Å². The second-order valence-electron chi connectivity index (χ2n) is 15.9. The molecule has 2 nitrogen and oxygen atoms in total. The number of hydrogen-bond donors (Lipinski definition) is 0. The monoisotopic (exact) mass is 780 g/mol. The van der Waals surface area contributed by atoms with Crippen molar-refractivity contribution < 1.29 is 9.59 Å². The molecule has 6 heteroatoms. The number of carbonyl (C=O) groups is 2. The first kappa shape index (κ1) is 38.3. The summed E-state index contributed by atoms with van der Waals surface area (Å²) in [5, 5.41) is 0. The molecule has 1 aliphatic carbocycles. The van der Waals surface area contributed by atoms with Gasteiger partial charge < -0.3 is 0 Å². The third-order valence-electron chi connectivity index (χ3n) is 9.56. The van der Waals surface area contributed by atoms with E-state index in [0.717, 1.165) is 39.2 Å². The third kappa shape index (κ3) is 8.18. The summed E-state index contributed by atoms with van der Waals surface area (Å²) in [6.07, 6.45) is 0. The molecule has 7 rings (SSSR count). The van der Waals surface area contributed by atoms with Crippen LogP contribution < -0.4 is 0 Å². The maximum absolute atomic E-state index is 15.3. The van der Waals surface area contributed by atoms with Crippen molar-refractivity contribution in [1.29, 1.82) is 0 Å². The average molecular weight is 781 g/mol. The molecule has 272 valence electrons. The number of ketones is 2. The summed E-state index contributed by atoms with van der Waals surface area (Å²) in [4.78, 5) is 37.9. The van der Waals surface area contributed by atoms with Crippen molar-refractivity contribution in [1.82, 2.24) is 0 Å². The van der Waals surface area contributed by atoms with Crippen molar-refractivity contribution in [2.45, 2.75) is 105 Å². The van der Waals surface area contributed by atoms with Crippen LogP contribution in [-0.2, 0) is 10.8 Å². The van der Waals surface area contributed by atoms with Crippen molar-refractivity contribution in [3.05, 3.63) is 166 Å². The Morgan fingerprint density at radius 2 is 0.556 bits per heavy atom. The van der Waals surface area contributed by atoms with Crippen LogP contribution in [0.5, 0.6) is 0 Å². The van der Waals surface area contributed by atoms with Crippen LogP contribution in [-0.4, -0.2) is 11.6 Å². The summed E-state index contributed by atoms with van der Waals surface area (Å²) >= 11 is 6.17. The van der Waals surface area contributed by atoms with Gasteiger partial charge in [0.2, 0.25) is 0 Å². The van der Waals surface area contributed by atoms with Crippen LogP contribution in [0.3, 0.4) is 0 Å². The fourth-order valence-corrected chi connectivity index (χ4v) is 10.2. The van der Waals surface area contributed by atoms with Crippen LogP contribution in [0.4, 0.5) is 0 Å². The Morgan fingerprint density at radius 3 is 0.778 bits per heavy atom. The zero-order chi connectivity index (χ0) is 38.4. The van der Waals surface area contributed by atoms with E-state index in [1.54, 1.807) is 23.5 Å². The van der Waals surface area contributed by atoms with E-state index < -0.39 is 0 Å². The summed E-state index contributed by atoms with van der Waals surface area (Å²) < 4.78 is 0. The van der Waals surface area contributed by atoms with E-state index in [1.807, 2.05) is 24.3 Å². The molecular weight excluding hydrogens is 737 g/mol. The summed E-state index contributed by atoms with van der Waals surface area (Å²) in [7, 11) is 0. The summed E-state index contributed by atoms with van der Waals surface area (Å²) in [6.45, 7) is 17.4. The van der Waals surface area contributed by atoms with Crippen molar-refractivity contribution in [3.8, 4) is 0 Å². The van der Waals surface area contributed by atoms with Gasteiger partial charge in [0.1, 0.15) is 0 Å². The summed E-state index contributed by atoms with van der Waals surface area (Å²) in [5.41, 5.74) is 6.81. The minimum absolute atomic E-state index is 0.0260. The quantitative estimate of drug-likeness (QED) is 0.153. The van der Waals surface area contributed by atoms with E-state index in [-0.39, 0.29) is 22.4 Å². The Hall–Kier alpha value is -3.94. The van der Waals surface area contributed by atoms with Crippen molar-refractivity contribution in [3.63, 3.8) is 0 Å². The molecule has 0 radical (unpaired) electrons. The third-order valence-corrected chi connectivity index (χ3v) is 13.8. The Kier molecular flexibility index (Phi) is 10.9. The van der Waals surface area contributed by atoms with E-state index in [4.69, 9.17) is 0 Å². The molecule has 0 unspecified atom stereocenters. The fourth-order valence-electron chi connectivity index (χ4n) is 6.39. The molecule has 0 atom stereocenters. The first-order valence-electron chi connectivity index (χ1n) is 18.1. The number of benzene rings is 6. The van der Waals surface area contributed by atoms with Gasteiger partial charge in [0.25, 0.3) is 0 Å². The summed E-state index contributed by atoms with van der Waals surface area (Å²) in [6, 6.07) is 41.8. The molecule has 54 heavy (non-hydrogen) atoms. The molecule has 0 bridgehead atoms. The molecular formula is C48H44O2S4. The van der Waals surface area contributed by atoms with E-state index >= 15 is 9.59 Å². The maximum Gasteiger partial charge on any atom is 0.196 e. The highest BCUT2D eigenvalue weighted by Gasteiger charge is 2.38. The normalized spacial score (nSPS) is 12.8. The molecule has 0 aromatic heterocycles. The van der Waals surface area contributed by atoms with E-state index in [0.29, 0.717) is 22.3 Å². The molecule has 6 aromatic carbocycles. The molecule has 0 heterocycles. The van der Waals surface area contributed by atoms with Crippen LogP contribution in [0, 0.1) is 13.8 Å². The van der Waals surface area contributed by atoms with Gasteiger partial charge in [-0.15, -0.1) is 0 Å². The van der Waals surface area contributed by atoms with Crippen molar-refractivity contribution in [2.24, 2.45) is 0 Å². The predicted octanol–water partition coefficient (Wildman–Crippen LogP) is 14.3. The Balaban J connectivity index is 1.39. The molecule has 0 saturated carbocycles. The Labute approximate surface area is 337 Å². The molecule has 0 saturated heterocycles. The minimum Gasteiger partial charge on any atom is -0.288 e. The van der Waals surface area contributed by atoms with Gasteiger partial charge in [0.05, 0.1) is 0 Å². The van der Waals surface area contributed by atoms with E-state index in [9.17, 15) is 0 Å². The number of aryl methyl sites for hydroxylation is 2. The lowest BCUT2D eigenvalue weighted by Gasteiger charge is -2.26. The first-order valence-corrected chi connectivity index (χ1v) is 21.4. The zero-order valence-electron chi connectivity index (χ0n) is 32.0. The van der Waals surface area contributed by atoms with Crippen LogP contribution in [0.25, 0.3) is 0 Å². The van der Waals surface area contributed by atoms with Crippen molar-refractivity contribution >= 4 is 58.6 Å². The average Bonchev–Trinajstić information content (AvgIpc) is 3.13. The zero-order valence-corrected chi connectivity index (χ0v) is 35.3. The number of carbonyl (C=O) groups excluding carboxylic acids is 2. The second-order valence-corrected chi connectivity index (χ2v) is 20.3. The molecule has 1 aliphatic rings. The SMILES string of the molecule is Cc1ccc(Sc2ccc(Sc3ccc(C)cc3)c3c2C(=O)c2c(Sc4ccc(C(C)(C)C)cc4)ccc(Sc4ccc(C(C)(C)C)cc4)c2C3=O)cc1. The van der Waals surface area contributed by atoms with Gasteiger partial charge in [-0.3, -0.25) is 9.59 Å². The van der Waals surface area contributed by atoms with Crippen LogP contribution in [0.1, 0.15) is 95.6 Å². The van der Waals surface area contributed by atoms with Crippen LogP contribution in [0.15, 0.2) is 160 Å². The lowest BCUT2D eigenvalue weighted by molar-refractivity contribution is 0.0970. The minimum atomic E-state index is -0.111. The van der Waals surface area contributed by atoms with Crippen LogP contribution >= 0.6 is 47.0 Å². The maximum atomic E-state index is 15.3. The van der Waals surface area contributed by atoms with Gasteiger partial charge in [-0.1, -0.05) is 148 Å². The predicted molar refractivity (Wildman–Crippen MR) is 229 cm³/mol. The van der Waals surface area contributed by atoms with E-state index in [2.05, 4.69) is 152 Å². The topological polar surface area (TPSA) is 34.1 Å². The largest absolute Gasteiger partial charge is 0.288 e. The molecule has 0 aliphatic heterocycles. The van der Waals surface area contributed by atoms with Gasteiger partial charge >= 0.3 is 0 Å².